The largest absolute Gasteiger partial charge is 0.0622 e. The van der Waals surface area contributed by atoms with Gasteiger partial charge >= 0.3 is 0 Å². The molecule has 0 heteroatoms. The van der Waals surface area contributed by atoms with Crippen molar-refractivity contribution in [2.24, 2.45) is 11.8 Å². The fraction of sp³-hybridized carbons (Fsp3) is 0.562. The maximum atomic E-state index is 2.59. The molecular weight excluding hydrogens is 192 g/mol. The Hall–Kier alpha value is -0.780. The molecule has 85 valence electrons. The van der Waals surface area contributed by atoms with Gasteiger partial charge in [-0.25, -0.2) is 0 Å². The van der Waals surface area contributed by atoms with Crippen LogP contribution in [0, 0.1) is 18.3 Å². The average Bonchev–Trinajstić information content (AvgIpc) is 2.39. The van der Waals surface area contributed by atoms with Crippen LogP contribution in [0.5, 0.6) is 0 Å². The first kappa shape index (κ1) is 10.4. The third-order valence-electron chi connectivity index (χ3n) is 4.57. The zero-order chi connectivity index (χ0) is 10.8. The molecule has 3 unspecified atom stereocenters. The molecule has 2 aliphatic rings. The number of fused-ring (bicyclic) bond motifs is 1. The highest BCUT2D eigenvalue weighted by Crippen LogP contribution is 2.45. The predicted octanol–water partition coefficient (Wildman–Crippen LogP) is 4.57. The smallest absolute Gasteiger partial charge is 0.0128 e. The predicted molar refractivity (Wildman–Crippen MR) is 68.2 cm³/mol. The molecule has 3 rings (SSSR count). The normalized spacial score (nSPS) is 34.4. The van der Waals surface area contributed by atoms with Gasteiger partial charge in [-0.1, -0.05) is 56.0 Å². The lowest BCUT2D eigenvalue weighted by atomic mass is 9.66. The fourth-order valence-corrected chi connectivity index (χ4v) is 3.64. The molecule has 3 atom stereocenters. The van der Waals surface area contributed by atoms with Crippen molar-refractivity contribution in [3.8, 4) is 0 Å². The Labute approximate surface area is 99.1 Å². The fourth-order valence-electron chi connectivity index (χ4n) is 3.64. The van der Waals surface area contributed by atoms with E-state index in [1.807, 2.05) is 0 Å². The maximum absolute atomic E-state index is 2.59. The summed E-state index contributed by atoms with van der Waals surface area (Å²) in [6.07, 6.45) is 11.3. The number of hydrogen-bond donors (Lipinski definition) is 0. The standard InChI is InChI=1S/C16H21/c1-2-6-13(7-3-1)16-11-10-14-8-4-5-9-15(14)12-16/h1-3,6-7,11,14-16H,4-5,8-10,12H2. The number of hydrogen-bond acceptors (Lipinski definition) is 0. The van der Waals surface area contributed by atoms with Crippen molar-refractivity contribution in [1.82, 2.24) is 0 Å². The molecule has 0 N–H and O–H groups in total. The molecule has 0 heterocycles. The molecule has 16 heavy (non-hydrogen) atoms. The molecule has 0 nitrogen and oxygen atoms in total. The minimum atomic E-state index is 0.737. The molecule has 0 spiro atoms. The molecule has 2 fully saturated rings. The molecule has 2 aliphatic carbocycles. The zero-order valence-corrected chi connectivity index (χ0v) is 9.94. The molecule has 2 saturated carbocycles. The number of benzene rings is 1. The van der Waals surface area contributed by atoms with E-state index in [2.05, 4.69) is 36.8 Å². The average molecular weight is 213 g/mol. The summed E-state index contributed by atoms with van der Waals surface area (Å²) in [6.45, 7) is 0. The second-order valence-electron chi connectivity index (χ2n) is 5.53. The molecule has 0 aromatic heterocycles. The second-order valence-corrected chi connectivity index (χ2v) is 5.53. The van der Waals surface area contributed by atoms with Crippen LogP contribution >= 0.6 is 0 Å². The molecule has 1 aromatic rings. The van der Waals surface area contributed by atoms with Crippen LogP contribution in [0.1, 0.15) is 50.0 Å². The highest BCUT2D eigenvalue weighted by atomic mass is 14.4. The van der Waals surface area contributed by atoms with E-state index < -0.39 is 0 Å². The van der Waals surface area contributed by atoms with Gasteiger partial charge in [-0.2, -0.15) is 0 Å². The third-order valence-corrected chi connectivity index (χ3v) is 4.57. The minimum absolute atomic E-state index is 0.737. The van der Waals surface area contributed by atoms with Gasteiger partial charge in [0.2, 0.25) is 0 Å². The van der Waals surface area contributed by atoms with E-state index in [1.54, 1.807) is 0 Å². The Balaban J connectivity index is 1.71. The third kappa shape index (κ3) is 2.03. The number of rotatable bonds is 1. The summed E-state index contributed by atoms with van der Waals surface area (Å²) in [5.41, 5.74) is 1.53. The zero-order valence-electron chi connectivity index (χ0n) is 9.94. The Morgan fingerprint density at radius 2 is 1.62 bits per heavy atom. The molecule has 0 bridgehead atoms. The van der Waals surface area contributed by atoms with Gasteiger partial charge in [0.1, 0.15) is 0 Å². The van der Waals surface area contributed by atoms with Crippen molar-refractivity contribution in [3.63, 3.8) is 0 Å². The highest BCUT2D eigenvalue weighted by molar-refractivity contribution is 5.23. The van der Waals surface area contributed by atoms with E-state index in [-0.39, 0.29) is 0 Å². The summed E-state index contributed by atoms with van der Waals surface area (Å²) in [5, 5.41) is 0. The Kier molecular flexibility index (Phi) is 2.99. The van der Waals surface area contributed by atoms with Crippen molar-refractivity contribution < 1.29 is 0 Å². The monoisotopic (exact) mass is 213 g/mol. The topological polar surface area (TPSA) is 0 Å². The van der Waals surface area contributed by atoms with Crippen LogP contribution in [0.25, 0.3) is 0 Å². The van der Waals surface area contributed by atoms with Crippen LogP contribution in [0.3, 0.4) is 0 Å². The second kappa shape index (κ2) is 4.61. The van der Waals surface area contributed by atoms with Crippen LogP contribution in [0.4, 0.5) is 0 Å². The van der Waals surface area contributed by atoms with Crippen LogP contribution < -0.4 is 0 Å². The summed E-state index contributed by atoms with van der Waals surface area (Å²) in [4.78, 5) is 0. The van der Waals surface area contributed by atoms with Crippen LogP contribution in [-0.4, -0.2) is 0 Å². The first-order chi connectivity index (χ1) is 7.93. The van der Waals surface area contributed by atoms with E-state index >= 15 is 0 Å². The van der Waals surface area contributed by atoms with E-state index in [4.69, 9.17) is 0 Å². The van der Waals surface area contributed by atoms with Crippen LogP contribution in [-0.2, 0) is 0 Å². The molecule has 0 saturated heterocycles. The maximum Gasteiger partial charge on any atom is -0.0128 e. The molecule has 1 radical (unpaired) electrons. The molecular formula is C16H21. The Morgan fingerprint density at radius 1 is 0.875 bits per heavy atom. The van der Waals surface area contributed by atoms with Gasteiger partial charge in [-0.3, -0.25) is 0 Å². The van der Waals surface area contributed by atoms with Gasteiger partial charge in [-0.15, -0.1) is 0 Å². The van der Waals surface area contributed by atoms with Crippen LogP contribution in [0.2, 0.25) is 0 Å². The van der Waals surface area contributed by atoms with Gasteiger partial charge < -0.3 is 0 Å². The summed E-state index contributed by atoms with van der Waals surface area (Å²) in [5.74, 6) is 2.78. The van der Waals surface area contributed by atoms with Crippen molar-refractivity contribution in [2.75, 3.05) is 0 Å². The van der Waals surface area contributed by atoms with Crippen LogP contribution in [0.15, 0.2) is 30.3 Å². The lowest BCUT2D eigenvalue weighted by Crippen LogP contribution is -2.27. The highest BCUT2D eigenvalue weighted by Gasteiger charge is 2.32. The summed E-state index contributed by atoms with van der Waals surface area (Å²) in [7, 11) is 0. The Bertz CT molecular complexity index is 327. The van der Waals surface area contributed by atoms with Crippen molar-refractivity contribution in [2.45, 2.75) is 44.4 Å². The quantitative estimate of drug-likeness (QED) is 0.641. The van der Waals surface area contributed by atoms with Crippen molar-refractivity contribution >= 4 is 0 Å². The Morgan fingerprint density at radius 3 is 2.44 bits per heavy atom. The van der Waals surface area contributed by atoms with E-state index in [0.717, 1.165) is 17.8 Å². The molecule has 0 aliphatic heterocycles. The van der Waals surface area contributed by atoms with Gasteiger partial charge in [0.05, 0.1) is 0 Å². The molecule has 1 aromatic carbocycles. The van der Waals surface area contributed by atoms with E-state index in [9.17, 15) is 0 Å². The van der Waals surface area contributed by atoms with Gasteiger partial charge in [0.25, 0.3) is 0 Å². The van der Waals surface area contributed by atoms with Crippen molar-refractivity contribution in [3.05, 3.63) is 42.3 Å². The van der Waals surface area contributed by atoms with Gasteiger partial charge in [0.15, 0.2) is 0 Å². The lowest BCUT2D eigenvalue weighted by Gasteiger charge is -2.39. The molecule has 0 amide bonds. The van der Waals surface area contributed by atoms with Crippen molar-refractivity contribution in [1.29, 1.82) is 0 Å². The minimum Gasteiger partial charge on any atom is -0.0622 e. The van der Waals surface area contributed by atoms with E-state index in [0.29, 0.717) is 0 Å². The van der Waals surface area contributed by atoms with Gasteiger partial charge in [0, 0.05) is 0 Å². The first-order valence-electron chi connectivity index (χ1n) is 6.82. The van der Waals surface area contributed by atoms with Gasteiger partial charge in [-0.05, 0) is 42.6 Å². The SMILES string of the molecule is [CH]1CC2CCCCC2CC1c1ccccc1. The van der Waals surface area contributed by atoms with E-state index in [1.165, 1.54) is 44.1 Å². The summed E-state index contributed by atoms with van der Waals surface area (Å²) < 4.78 is 0. The first-order valence-corrected chi connectivity index (χ1v) is 6.82. The lowest BCUT2D eigenvalue weighted by molar-refractivity contribution is 0.184. The summed E-state index contributed by atoms with van der Waals surface area (Å²) >= 11 is 0. The summed E-state index contributed by atoms with van der Waals surface area (Å²) in [6, 6.07) is 11.1.